The first-order chi connectivity index (χ1) is 13.3. The van der Waals surface area contributed by atoms with Crippen LogP contribution in [0, 0.1) is 17.8 Å². The van der Waals surface area contributed by atoms with Gasteiger partial charge in [0.05, 0.1) is 28.3 Å². The summed E-state index contributed by atoms with van der Waals surface area (Å²) in [6.07, 6.45) is 1.84. The second kappa shape index (κ2) is 8.44. The van der Waals surface area contributed by atoms with Gasteiger partial charge >= 0.3 is 0 Å². The molecule has 2 N–H and O–H groups in total. The van der Waals surface area contributed by atoms with Crippen molar-refractivity contribution in [3.63, 3.8) is 0 Å². The van der Waals surface area contributed by atoms with Gasteiger partial charge in [-0.1, -0.05) is 38.7 Å². The van der Waals surface area contributed by atoms with Gasteiger partial charge in [0.1, 0.15) is 5.82 Å². The number of carbonyl (C=O) groups excluding carboxylic acids is 1. The van der Waals surface area contributed by atoms with Gasteiger partial charge in [0, 0.05) is 18.1 Å². The maximum atomic E-state index is 13.6. The van der Waals surface area contributed by atoms with E-state index in [1.165, 1.54) is 12.1 Å². The minimum Gasteiger partial charge on any atom is -0.394 e. The fraction of sp³-hybridized carbons (Fsp3) is 0.238. The molecule has 0 bridgehead atoms. The van der Waals surface area contributed by atoms with Crippen LogP contribution < -0.4 is 5.32 Å². The van der Waals surface area contributed by atoms with Crippen molar-refractivity contribution in [1.82, 2.24) is 9.88 Å². The zero-order chi connectivity index (χ0) is 20.4. The average Bonchev–Trinajstić information content (AvgIpc) is 2.68. The maximum absolute atomic E-state index is 13.6. The number of halogens is 2. The summed E-state index contributed by atoms with van der Waals surface area (Å²) >= 11 is 5.70. The average molecular weight is 419 g/mol. The van der Waals surface area contributed by atoms with Crippen LogP contribution in [-0.2, 0) is 6.54 Å². The first-order valence-corrected chi connectivity index (χ1v) is 9.73. The number of aliphatic hydroxyl groups is 1. The maximum Gasteiger partial charge on any atom is 0.252 e. The Morgan fingerprint density at radius 1 is 1.29 bits per heavy atom. The van der Waals surface area contributed by atoms with E-state index in [1.807, 2.05) is 42.8 Å². The molecule has 1 aromatic heterocycles. The molecule has 0 aliphatic heterocycles. The second-order valence-electron chi connectivity index (χ2n) is 6.75. The Bertz CT molecular complexity index is 1110. The summed E-state index contributed by atoms with van der Waals surface area (Å²) in [5, 5.41) is 14.8. The minimum absolute atomic E-state index is 0.00447. The molecule has 4 nitrogen and oxygen atoms in total. The van der Waals surface area contributed by atoms with Crippen molar-refractivity contribution in [2.45, 2.75) is 26.4 Å². The summed E-state index contributed by atoms with van der Waals surface area (Å²) in [6, 6.07) is 10.1. The lowest BCUT2D eigenvalue weighted by Gasteiger charge is -2.17. The number of nitrogens with one attached hydrogen (secondary N) is 1. The predicted octanol–water partition coefficient (Wildman–Crippen LogP) is 4.90. The Labute approximate surface area is 169 Å². The lowest BCUT2D eigenvalue weighted by molar-refractivity contribution is 0.0952. The van der Waals surface area contributed by atoms with Crippen LogP contribution in [0.2, 0.25) is 5.02 Å². The van der Waals surface area contributed by atoms with Crippen LogP contribution in [0.5, 0.6) is 0 Å². The second-order valence-corrected chi connectivity index (χ2v) is 7.63. The molecule has 28 heavy (non-hydrogen) atoms. The largest absolute Gasteiger partial charge is 0.394 e. The summed E-state index contributed by atoms with van der Waals surface area (Å²) < 4.78 is 15.5. The summed E-state index contributed by atoms with van der Waals surface area (Å²) in [6.45, 7) is 3.98. The van der Waals surface area contributed by atoms with Crippen LogP contribution in [0.25, 0.3) is 10.8 Å². The van der Waals surface area contributed by atoms with Crippen LogP contribution in [0.4, 0.5) is 4.39 Å². The lowest BCUT2D eigenvalue weighted by Crippen LogP contribution is -2.24. The Morgan fingerprint density at radius 3 is 2.71 bits per heavy atom. The van der Waals surface area contributed by atoms with Gasteiger partial charge in [-0.15, -0.1) is 0 Å². The van der Waals surface area contributed by atoms with Gasteiger partial charge in [0.15, 0.2) is 0 Å². The van der Waals surface area contributed by atoms with Crippen LogP contribution >= 0.6 is 20.5 Å². The molecule has 0 aliphatic carbocycles. The lowest BCUT2D eigenvalue weighted by atomic mass is 10.00. The zero-order valence-electron chi connectivity index (χ0n) is 15.6. The zero-order valence-corrected chi connectivity index (χ0v) is 17.3. The summed E-state index contributed by atoms with van der Waals surface area (Å²) in [5.74, 6) is -0.751. The van der Waals surface area contributed by atoms with E-state index in [2.05, 4.69) is 14.2 Å². The molecular formula is C21H21ClFN2O2P. The Kier molecular flexibility index (Phi) is 6.19. The third kappa shape index (κ3) is 3.97. The third-order valence-corrected chi connectivity index (χ3v) is 5.61. The Balaban J connectivity index is 1.96. The van der Waals surface area contributed by atoms with E-state index in [-0.39, 0.29) is 30.1 Å². The molecule has 3 rings (SSSR count). The number of amides is 1. The first-order valence-electron chi connectivity index (χ1n) is 8.85. The normalized spacial score (nSPS) is 12.2. The molecule has 3 aromatic rings. The van der Waals surface area contributed by atoms with E-state index in [9.17, 15) is 14.3 Å². The quantitative estimate of drug-likeness (QED) is 0.579. The van der Waals surface area contributed by atoms with Gasteiger partial charge in [-0.2, -0.15) is 0 Å². The van der Waals surface area contributed by atoms with Gasteiger partial charge in [0.2, 0.25) is 0 Å². The van der Waals surface area contributed by atoms with E-state index < -0.39 is 5.82 Å². The number of benzene rings is 2. The van der Waals surface area contributed by atoms with E-state index in [1.54, 1.807) is 6.07 Å². The number of nitrogens with zero attached hydrogens (tertiary/aromatic N) is 1. The molecular weight excluding hydrogens is 398 g/mol. The molecule has 0 unspecified atom stereocenters. The number of aliphatic hydroxyl groups excluding tert-OH is 1. The van der Waals surface area contributed by atoms with E-state index in [0.29, 0.717) is 11.1 Å². The highest BCUT2D eigenvalue weighted by Gasteiger charge is 2.15. The van der Waals surface area contributed by atoms with E-state index >= 15 is 0 Å². The molecule has 1 atom stereocenters. The molecule has 0 saturated heterocycles. The van der Waals surface area contributed by atoms with Crippen LogP contribution in [-0.4, -0.2) is 22.2 Å². The topological polar surface area (TPSA) is 54.3 Å². The number of carbonyl (C=O) groups is 1. The third-order valence-electron chi connectivity index (χ3n) is 4.77. The predicted molar refractivity (Wildman–Crippen MR) is 113 cm³/mol. The van der Waals surface area contributed by atoms with Gasteiger partial charge in [0.25, 0.3) is 5.91 Å². The van der Waals surface area contributed by atoms with Crippen molar-refractivity contribution in [3.05, 3.63) is 75.2 Å². The van der Waals surface area contributed by atoms with Crippen molar-refractivity contribution in [2.75, 3.05) is 6.61 Å². The fourth-order valence-corrected chi connectivity index (χ4v) is 3.78. The van der Waals surface area contributed by atoms with Gasteiger partial charge in [-0.05, 0) is 48.6 Å². The highest BCUT2D eigenvalue weighted by atomic mass is 35.5. The molecule has 0 saturated carbocycles. The molecule has 0 spiro atoms. The van der Waals surface area contributed by atoms with Crippen molar-refractivity contribution < 1.29 is 14.3 Å². The number of hydrogen-bond acceptors (Lipinski definition) is 2. The molecule has 1 heterocycles. The van der Waals surface area contributed by atoms with Crippen LogP contribution in [0.15, 0.2) is 42.6 Å². The number of hydrogen-bond donors (Lipinski definition) is 2. The molecule has 7 heteroatoms. The molecule has 0 aliphatic rings. The van der Waals surface area contributed by atoms with Gasteiger partial charge < -0.3 is 15.0 Å². The number of fused-ring (bicyclic) bond motifs is 1. The van der Waals surface area contributed by atoms with Crippen molar-refractivity contribution in [3.8, 4) is 0 Å². The van der Waals surface area contributed by atoms with Crippen LogP contribution in [0.1, 0.15) is 34.5 Å². The van der Waals surface area contributed by atoms with Gasteiger partial charge in [-0.25, -0.2) is 4.39 Å². The van der Waals surface area contributed by atoms with Crippen molar-refractivity contribution in [1.29, 1.82) is 0 Å². The SMILES string of the molecule is Cc1ccc2c(=P)n([C@H](C)CO)ccc2c1C(=O)NCc1ccc(Cl)c(F)c1. The van der Waals surface area contributed by atoms with E-state index in [0.717, 1.165) is 21.4 Å². The molecule has 0 fully saturated rings. The highest BCUT2D eigenvalue weighted by Crippen LogP contribution is 2.25. The number of rotatable bonds is 5. The highest BCUT2D eigenvalue weighted by molar-refractivity contribution is 7.07. The molecule has 1 amide bonds. The molecule has 0 radical (unpaired) electrons. The number of aromatic nitrogens is 1. The van der Waals surface area contributed by atoms with E-state index in [4.69, 9.17) is 11.6 Å². The summed E-state index contributed by atoms with van der Waals surface area (Å²) in [7, 11) is 3.65. The fourth-order valence-electron chi connectivity index (χ4n) is 3.15. The number of pyridine rings is 1. The first kappa shape index (κ1) is 20.5. The van der Waals surface area contributed by atoms with Gasteiger partial charge in [-0.3, -0.25) is 4.79 Å². The van der Waals surface area contributed by atoms with Crippen LogP contribution in [0.3, 0.4) is 0 Å². The summed E-state index contributed by atoms with van der Waals surface area (Å²) in [5.41, 5.74) is 2.03. The summed E-state index contributed by atoms with van der Waals surface area (Å²) in [4.78, 5) is 12.9. The standard InChI is InChI=1S/C21H21ClFN2O2P/c1-12-3-5-16-15(7-8-25(21(16)28)13(2)11-26)19(12)20(27)24-10-14-4-6-17(22)18(23)9-14/h3-9,13,26,28H,10-11H2,1-2H3,(H,24,27)/t13-/m1/s1. The van der Waals surface area contributed by atoms with Crippen molar-refractivity contribution >= 4 is 37.1 Å². The smallest absolute Gasteiger partial charge is 0.252 e. The number of aryl methyl sites for hydroxylation is 1. The Hall–Kier alpha value is -2.20. The Morgan fingerprint density at radius 2 is 2.04 bits per heavy atom. The monoisotopic (exact) mass is 418 g/mol. The molecule has 146 valence electrons. The molecule has 2 aromatic carbocycles. The van der Waals surface area contributed by atoms with Crippen molar-refractivity contribution in [2.24, 2.45) is 0 Å². The minimum atomic E-state index is -0.513.